The van der Waals surface area contributed by atoms with Crippen molar-refractivity contribution < 1.29 is 28.6 Å². The van der Waals surface area contributed by atoms with Crippen LogP contribution in [0.1, 0.15) is 29.0 Å². The second kappa shape index (κ2) is 10.5. The van der Waals surface area contributed by atoms with Crippen LogP contribution in [0.3, 0.4) is 0 Å². The number of anilines is 1. The fourth-order valence-corrected chi connectivity index (χ4v) is 4.59. The molecule has 8 heteroatoms. The molecule has 0 aromatic heterocycles. The Morgan fingerprint density at radius 3 is 2.06 bits per heavy atom. The van der Waals surface area contributed by atoms with E-state index in [1.54, 1.807) is 4.90 Å². The third-order valence-electron chi connectivity index (χ3n) is 6.44. The van der Waals surface area contributed by atoms with Crippen molar-refractivity contribution in [3.05, 3.63) is 102 Å². The van der Waals surface area contributed by atoms with Gasteiger partial charge in [0.15, 0.2) is 6.73 Å². The maximum atomic E-state index is 12.9. The lowest BCUT2D eigenvalue weighted by Crippen LogP contribution is -2.40. The zero-order valence-corrected chi connectivity index (χ0v) is 19.6. The highest BCUT2D eigenvalue weighted by molar-refractivity contribution is 5.91. The molecule has 2 aliphatic heterocycles. The third-order valence-corrected chi connectivity index (χ3v) is 6.44. The number of benzene rings is 3. The molecule has 2 heterocycles. The van der Waals surface area contributed by atoms with Gasteiger partial charge < -0.3 is 14.2 Å². The summed E-state index contributed by atoms with van der Waals surface area (Å²) in [6.45, 7) is 0.446. The van der Waals surface area contributed by atoms with E-state index in [0.29, 0.717) is 13.0 Å². The Morgan fingerprint density at radius 2 is 1.39 bits per heavy atom. The molecule has 0 bridgehead atoms. The lowest BCUT2D eigenvalue weighted by atomic mass is 9.93. The van der Waals surface area contributed by atoms with E-state index in [2.05, 4.69) is 0 Å². The molecule has 1 unspecified atom stereocenters. The summed E-state index contributed by atoms with van der Waals surface area (Å²) in [6.07, 6.45) is -0.763. The summed E-state index contributed by atoms with van der Waals surface area (Å²) in [6, 6.07) is 25.5. The van der Waals surface area contributed by atoms with Crippen LogP contribution in [0.2, 0.25) is 0 Å². The molecular weight excluding hydrogens is 460 g/mol. The number of ether oxygens (including phenoxy) is 3. The van der Waals surface area contributed by atoms with Crippen LogP contribution in [0.25, 0.3) is 0 Å². The number of fused-ring (bicyclic) bond motifs is 1. The molecule has 3 aromatic carbocycles. The Labute approximate surface area is 209 Å². The van der Waals surface area contributed by atoms with Crippen LogP contribution in [0.15, 0.2) is 84.9 Å². The largest absolute Gasteiger partial charge is 0.444 e. The predicted octanol–water partition coefficient (Wildman–Crippen LogP) is 4.84. The van der Waals surface area contributed by atoms with Crippen molar-refractivity contribution in [3.63, 3.8) is 0 Å². The number of carbonyl (C=O) groups excluding carboxylic acids is 3. The summed E-state index contributed by atoms with van der Waals surface area (Å²) in [5.41, 5.74) is 3.41. The Morgan fingerprint density at radius 1 is 0.806 bits per heavy atom. The fourth-order valence-electron chi connectivity index (χ4n) is 4.59. The van der Waals surface area contributed by atoms with Gasteiger partial charge in [0.05, 0.1) is 5.69 Å². The average molecular weight is 487 g/mol. The van der Waals surface area contributed by atoms with Gasteiger partial charge in [0.1, 0.15) is 19.3 Å². The zero-order valence-electron chi connectivity index (χ0n) is 19.6. The Balaban J connectivity index is 1.25. The number of hydrogen-bond donors (Lipinski definition) is 0. The molecule has 1 fully saturated rings. The molecule has 0 N–H and O–H groups in total. The zero-order chi connectivity index (χ0) is 24.9. The van der Waals surface area contributed by atoms with E-state index in [4.69, 9.17) is 14.2 Å². The summed E-state index contributed by atoms with van der Waals surface area (Å²) in [5.74, 6) is -0.653. The van der Waals surface area contributed by atoms with Crippen molar-refractivity contribution in [2.75, 3.05) is 18.2 Å². The fraction of sp³-hybridized carbons (Fsp3) is 0.250. The summed E-state index contributed by atoms with van der Waals surface area (Å²) < 4.78 is 16.2. The van der Waals surface area contributed by atoms with Crippen LogP contribution in [0.5, 0.6) is 0 Å². The number of esters is 1. The van der Waals surface area contributed by atoms with Gasteiger partial charge in [-0.15, -0.1) is 0 Å². The summed E-state index contributed by atoms with van der Waals surface area (Å²) in [7, 11) is 0. The van der Waals surface area contributed by atoms with Crippen LogP contribution in [0.4, 0.5) is 15.3 Å². The molecule has 36 heavy (non-hydrogen) atoms. The van der Waals surface area contributed by atoms with E-state index >= 15 is 0 Å². The minimum Gasteiger partial charge on any atom is -0.444 e. The smallest absolute Gasteiger partial charge is 0.414 e. The molecule has 0 aliphatic carbocycles. The van der Waals surface area contributed by atoms with E-state index in [9.17, 15) is 14.4 Å². The number of nitrogens with zero attached hydrogens (tertiary/aromatic N) is 2. The molecule has 0 spiro atoms. The second-order valence-electron chi connectivity index (χ2n) is 8.76. The van der Waals surface area contributed by atoms with Crippen molar-refractivity contribution in [1.82, 2.24) is 4.90 Å². The molecule has 2 atom stereocenters. The molecule has 1 saturated heterocycles. The highest BCUT2D eigenvalue weighted by atomic mass is 16.6. The SMILES string of the molecule is O=C1OCN(C(=O)OCc2ccccc2)[C@H]1CC1CN(C(=O)OCc2ccccc2)c2ccccc21. The molecule has 5 rings (SSSR count). The number of carbonyl (C=O) groups is 3. The van der Waals surface area contributed by atoms with E-state index in [1.165, 1.54) is 4.90 Å². The van der Waals surface area contributed by atoms with Gasteiger partial charge in [-0.1, -0.05) is 78.9 Å². The van der Waals surface area contributed by atoms with Gasteiger partial charge in [0.25, 0.3) is 0 Å². The number of para-hydroxylation sites is 1. The van der Waals surface area contributed by atoms with Crippen LogP contribution in [-0.4, -0.2) is 42.4 Å². The van der Waals surface area contributed by atoms with Gasteiger partial charge in [-0.3, -0.25) is 9.80 Å². The first-order chi connectivity index (χ1) is 17.6. The maximum Gasteiger partial charge on any atom is 0.414 e. The molecule has 2 aliphatic rings. The van der Waals surface area contributed by atoms with E-state index in [1.807, 2.05) is 84.9 Å². The van der Waals surface area contributed by atoms with Crippen LogP contribution in [-0.2, 0) is 32.2 Å². The maximum absolute atomic E-state index is 12.9. The molecule has 2 amide bonds. The summed E-state index contributed by atoms with van der Waals surface area (Å²) in [4.78, 5) is 41.2. The predicted molar refractivity (Wildman–Crippen MR) is 131 cm³/mol. The summed E-state index contributed by atoms with van der Waals surface area (Å²) >= 11 is 0. The molecule has 8 nitrogen and oxygen atoms in total. The van der Waals surface area contributed by atoms with Crippen molar-refractivity contribution >= 4 is 23.8 Å². The van der Waals surface area contributed by atoms with Crippen LogP contribution >= 0.6 is 0 Å². The molecule has 0 saturated carbocycles. The lowest BCUT2D eigenvalue weighted by Gasteiger charge is -2.23. The van der Waals surface area contributed by atoms with Gasteiger partial charge in [-0.25, -0.2) is 14.4 Å². The van der Waals surface area contributed by atoms with Crippen molar-refractivity contribution in [2.45, 2.75) is 31.6 Å². The quantitative estimate of drug-likeness (QED) is 0.366. The first-order valence-electron chi connectivity index (χ1n) is 11.8. The standard InChI is InChI=1S/C28H26N2O6/c31-26-25(30(19-36-26)28(33)35-18-21-11-5-2-6-12-21)15-22-16-29(24-14-8-7-13-23(22)24)27(32)34-17-20-9-3-1-4-10-20/h1-14,22,25H,15-19H2/t22?,25-/m0/s1. The van der Waals surface area contributed by atoms with Crippen LogP contribution in [0, 0.1) is 0 Å². The molecule has 184 valence electrons. The number of hydrogen-bond acceptors (Lipinski definition) is 6. The number of rotatable bonds is 6. The first-order valence-corrected chi connectivity index (χ1v) is 11.8. The van der Waals surface area contributed by atoms with Crippen LogP contribution < -0.4 is 4.90 Å². The normalized spacial score (nSPS) is 18.5. The highest BCUT2D eigenvalue weighted by Crippen LogP contribution is 2.40. The van der Waals surface area contributed by atoms with Gasteiger partial charge in [-0.05, 0) is 29.2 Å². The van der Waals surface area contributed by atoms with Gasteiger partial charge in [0, 0.05) is 12.5 Å². The Hall–Kier alpha value is -4.33. The number of cyclic esters (lactones) is 1. The topological polar surface area (TPSA) is 85.4 Å². The average Bonchev–Trinajstić information content (AvgIpc) is 3.48. The first kappa shape index (κ1) is 23.4. The monoisotopic (exact) mass is 486 g/mol. The second-order valence-corrected chi connectivity index (χ2v) is 8.76. The Kier molecular flexibility index (Phi) is 6.84. The van der Waals surface area contributed by atoms with Crippen molar-refractivity contribution in [3.8, 4) is 0 Å². The van der Waals surface area contributed by atoms with Crippen molar-refractivity contribution in [1.29, 1.82) is 0 Å². The molecule has 3 aromatic rings. The van der Waals surface area contributed by atoms with E-state index in [-0.39, 0.29) is 25.9 Å². The van der Waals surface area contributed by atoms with Gasteiger partial charge >= 0.3 is 18.2 Å². The molecular formula is C28H26N2O6. The van der Waals surface area contributed by atoms with E-state index in [0.717, 1.165) is 22.4 Å². The number of amides is 2. The van der Waals surface area contributed by atoms with Crippen molar-refractivity contribution in [2.24, 2.45) is 0 Å². The van der Waals surface area contributed by atoms with Gasteiger partial charge in [-0.2, -0.15) is 0 Å². The minimum atomic E-state index is -0.799. The molecule has 0 radical (unpaired) electrons. The third kappa shape index (κ3) is 5.02. The highest BCUT2D eigenvalue weighted by Gasteiger charge is 2.43. The van der Waals surface area contributed by atoms with E-state index < -0.39 is 24.2 Å². The Bertz CT molecular complexity index is 1230. The lowest BCUT2D eigenvalue weighted by molar-refractivity contribution is -0.139. The van der Waals surface area contributed by atoms with Gasteiger partial charge in [0.2, 0.25) is 0 Å². The minimum absolute atomic E-state index is 0.102. The summed E-state index contributed by atoms with van der Waals surface area (Å²) in [5, 5.41) is 0.